The van der Waals surface area contributed by atoms with Crippen molar-refractivity contribution in [3.05, 3.63) is 173 Å². The molecular formula is C44H35NO. The lowest BCUT2D eigenvalue weighted by Gasteiger charge is -2.24. The molecule has 46 heavy (non-hydrogen) atoms. The first-order chi connectivity index (χ1) is 22.4. The maximum absolute atomic E-state index is 6.55. The van der Waals surface area contributed by atoms with Crippen LogP contribution in [0.25, 0.3) is 55.8 Å². The quantitative estimate of drug-likeness (QED) is 0.203. The predicted molar refractivity (Wildman–Crippen MR) is 192 cm³/mol. The Morgan fingerprint density at radius 2 is 1.41 bits per heavy atom. The topological polar surface area (TPSA) is 26.0 Å². The van der Waals surface area contributed by atoms with Crippen LogP contribution in [-0.2, 0) is 5.41 Å². The molecule has 7 aromatic rings. The molecule has 1 heterocycles. The Morgan fingerprint density at radius 3 is 2.26 bits per heavy atom. The molecule has 6 aromatic carbocycles. The molecule has 2 nitrogen and oxygen atoms in total. The minimum Gasteiger partial charge on any atom is -0.439 e. The van der Waals surface area contributed by atoms with Gasteiger partial charge in [0.05, 0.1) is 0 Å². The van der Waals surface area contributed by atoms with Gasteiger partial charge in [0.1, 0.15) is 5.52 Å². The van der Waals surface area contributed by atoms with E-state index in [2.05, 4.69) is 154 Å². The largest absolute Gasteiger partial charge is 0.439 e. The molecule has 0 amide bonds. The van der Waals surface area contributed by atoms with E-state index in [1.54, 1.807) is 0 Å². The van der Waals surface area contributed by atoms with Crippen LogP contribution in [-0.4, -0.2) is 4.98 Å². The minimum absolute atomic E-state index is 0.104. The van der Waals surface area contributed by atoms with Crippen molar-refractivity contribution in [3.63, 3.8) is 0 Å². The number of benzene rings is 6. The van der Waals surface area contributed by atoms with Crippen molar-refractivity contribution in [2.24, 2.45) is 0 Å². The van der Waals surface area contributed by atoms with Crippen molar-refractivity contribution in [1.29, 1.82) is 0 Å². The van der Waals surface area contributed by atoms with Crippen LogP contribution in [0.5, 0.6) is 0 Å². The summed E-state index contributed by atoms with van der Waals surface area (Å²) in [7, 11) is 0. The Kier molecular flexibility index (Phi) is 6.62. The SMILES string of the molecule is C=C1C(c2cccc(-c3ccc4ccccc4c3-c3cccc4nc(C(C)(C)C)oc34)c2)=c2ccccc2=CC1c1ccccc1. The standard InChI is InChI=1S/C44H35NO/c1-28-38(29-14-6-5-7-15-29)27-32-17-9-11-21-35(32)40(28)33-19-12-18-31(26-33)36-25-24-30-16-8-10-20-34(30)41(36)37-22-13-23-39-42(37)46-43(45-39)44(2,3)4/h5-27,38H,1H2,2-4H3. The summed E-state index contributed by atoms with van der Waals surface area (Å²) in [4.78, 5) is 4.91. The molecule has 1 aliphatic rings. The van der Waals surface area contributed by atoms with Crippen LogP contribution in [0.2, 0.25) is 0 Å². The summed E-state index contributed by atoms with van der Waals surface area (Å²) in [5.41, 5.74) is 10.7. The Bertz CT molecular complexity index is 2420. The molecule has 0 aliphatic heterocycles. The predicted octanol–water partition coefficient (Wildman–Crippen LogP) is 9.95. The van der Waals surface area contributed by atoms with Gasteiger partial charge in [0, 0.05) is 22.5 Å². The summed E-state index contributed by atoms with van der Waals surface area (Å²) < 4.78 is 6.55. The highest BCUT2D eigenvalue weighted by Gasteiger charge is 2.25. The summed E-state index contributed by atoms with van der Waals surface area (Å²) in [5, 5.41) is 4.83. The van der Waals surface area contributed by atoms with E-state index in [-0.39, 0.29) is 11.3 Å². The van der Waals surface area contributed by atoms with Gasteiger partial charge in [-0.05, 0) is 66.7 Å². The molecule has 1 aromatic heterocycles. The molecule has 0 spiro atoms. The van der Waals surface area contributed by atoms with E-state index in [1.807, 2.05) is 6.07 Å². The Morgan fingerprint density at radius 1 is 0.674 bits per heavy atom. The molecular weight excluding hydrogens is 558 g/mol. The van der Waals surface area contributed by atoms with Crippen molar-refractivity contribution in [3.8, 4) is 22.3 Å². The van der Waals surface area contributed by atoms with Gasteiger partial charge in [-0.2, -0.15) is 0 Å². The summed E-state index contributed by atoms with van der Waals surface area (Å²) >= 11 is 0. The normalized spacial score (nSPS) is 14.8. The molecule has 0 saturated heterocycles. The van der Waals surface area contributed by atoms with E-state index in [0.29, 0.717) is 0 Å². The summed E-state index contributed by atoms with van der Waals surface area (Å²) in [6, 6.07) is 47.7. The minimum atomic E-state index is -0.197. The van der Waals surface area contributed by atoms with E-state index in [1.165, 1.54) is 32.3 Å². The molecule has 8 rings (SSSR count). The fourth-order valence-electron chi connectivity index (χ4n) is 6.89. The van der Waals surface area contributed by atoms with Crippen LogP contribution in [0.4, 0.5) is 0 Å². The average Bonchev–Trinajstić information content (AvgIpc) is 3.54. The highest BCUT2D eigenvalue weighted by atomic mass is 16.3. The van der Waals surface area contributed by atoms with Crippen LogP contribution in [0.1, 0.15) is 43.7 Å². The third-order valence-corrected chi connectivity index (χ3v) is 9.15. The first-order valence-electron chi connectivity index (χ1n) is 15.9. The highest BCUT2D eigenvalue weighted by molar-refractivity contribution is 6.09. The molecule has 222 valence electrons. The second kappa shape index (κ2) is 10.9. The summed E-state index contributed by atoms with van der Waals surface area (Å²) in [5.74, 6) is 0.849. The van der Waals surface area contributed by atoms with Gasteiger partial charge >= 0.3 is 0 Å². The summed E-state index contributed by atoms with van der Waals surface area (Å²) in [6.07, 6.45) is 2.35. The van der Waals surface area contributed by atoms with Crippen molar-refractivity contribution in [2.75, 3.05) is 0 Å². The second-order valence-electron chi connectivity index (χ2n) is 13.3. The number of hydrogen-bond donors (Lipinski definition) is 0. The zero-order chi connectivity index (χ0) is 31.4. The molecule has 1 unspecified atom stereocenters. The first kappa shape index (κ1) is 28.0. The van der Waals surface area contributed by atoms with E-state index < -0.39 is 0 Å². The van der Waals surface area contributed by atoms with E-state index in [4.69, 9.17) is 16.0 Å². The lowest BCUT2D eigenvalue weighted by Crippen LogP contribution is -2.32. The number of hydrogen-bond acceptors (Lipinski definition) is 2. The number of rotatable bonds is 4. The molecule has 0 radical (unpaired) electrons. The van der Waals surface area contributed by atoms with Crippen molar-refractivity contribution >= 4 is 33.5 Å². The Balaban J connectivity index is 1.36. The van der Waals surface area contributed by atoms with E-state index in [0.717, 1.165) is 50.4 Å². The lowest BCUT2D eigenvalue weighted by atomic mass is 9.79. The van der Waals surface area contributed by atoms with Gasteiger partial charge in [-0.25, -0.2) is 4.98 Å². The number of oxazole rings is 1. The third kappa shape index (κ3) is 4.69. The molecule has 1 atom stereocenters. The zero-order valence-corrected chi connectivity index (χ0v) is 26.4. The Labute approximate surface area is 269 Å². The Hall–Kier alpha value is -5.47. The van der Waals surface area contributed by atoms with Gasteiger partial charge in [0.2, 0.25) is 5.89 Å². The fourth-order valence-corrected chi connectivity index (χ4v) is 6.89. The number of fused-ring (bicyclic) bond motifs is 3. The second-order valence-corrected chi connectivity index (χ2v) is 13.3. The molecule has 2 heteroatoms. The number of para-hydroxylation sites is 1. The monoisotopic (exact) mass is 593 g/mol. The molecule has 0 N–H and O–H groups in total. The van der Waals surface area contributed by atoms with Gasteiger partial charge < -0.3 is 4.42 Å². The van der Waals surface area contributed by atoms with Crippen molar-refractivity contribution in [1.82, 2.24) is 4.98 Å². The molecule has 0 saturated carbocycles. The number of allylic oxidation sites excluding steroid dienone is 1. The lowest BCUT2D eigenvalue weighted by molar-refractivity contribution is 0.411. The van der Waals surface area contributed by atoms with E-state index >= 15 is 0 Å². The molecule has 1 aliphatic carbocycles. The van der Waals surface area contributed by atoms with E-state index in [9.17, 15) is 0 Å². The zero-order valence-electron chi connectivity index (χ0n) is 26.4. The van der Waals surface area contributed by atoms with Crippen LogP contribution < -0.4 is 10.4 Å². The van der Waals surface area contributed by atoms with Crippen LogP contribution in [0, 0.1) is 0 Å². The van der Waals surface area contributed by atoms with Crippen LogP contribution in [0.15, 0.2) is 150 Å². The van der Waals surface area contributed by atoms with Crippen molar-refractivity contribution < 1.29 is 4.42 Å². The number of aromatic nitrogens is 1. The first-order valence-corrected chi connectivity index (χ1v) is 15.9. The molecule has 0 bridgehead atoms. The van der Waals surface area contributed by atoms with Gasteiger partial charge in [-0.3, -0.25) is 0 Å². The van der Waals surface area contributed by atoms with Gasteiger partial charge in [-0.1, -0.05) is 155 Å². The third-order valence-electron chi connectivity index (χ3n) is 9.15. The summed E-state index contributed by atoms with van der Waals surface area (Å²) in [6.45, 7) is 11.1. The van der Waals surface area contributed by atoms with Gasteiger partial charge in [-0.15, -0.1) is 0 Å². The van der Waals surface area contributed by atoms with Gasteiger partial charge in [0.15, 0.2) is 5.58 Å². The molecule has 0 fully saturated rings. The van der Waals surface area contributed by atoms with Crippen LogP contribution >= 0.6 is 0 Å². The fraction of sp³-hybridized carbons (Fsp3) is 0.114. The smallest absolute Gasteiger partial charge is 0.200 e. The number of nitrogens with zero attached hydrogens (tertiary/aromatic N) is 1. The van der Waals surface area contributed by atoms with Gasteiger partial charge in [0.25, 0.3) is 0 Å². The maximum atomic E-state index is 6.55. The maximum Gasteiger partial charge on any atom is 0.200 e. The highest BCUT2D eigenvalue weighted by Crippen LogP contribution is 2.43. The average molecular weight is 594 g/mol. The van der Waals surface area contributed by atoms with Crippen molar-refractivity contribution in [2.45, 2.75) is 32.1 Å². The van der Waals surface area contributed by atoms with Crippen LogP contribution in [0.3, 0.4) is 0 Å².